The SMILES string of the molecule is COc1ccc(CC(=O)NCCN2CCN(C(=O)c3cn(C)nc3OC)CC2)cc1. The monoisotopic (exact) mass is 415 g/mol. The molecule has 30 heavy (non-hydrogen) atoms. The van der Waals surface area contributed by atoms with E-state index >= 15 is 0 Å². The molecule has 1 aliphatic rings. The van der Waals surface area contributed by atoms with Crippen molar-refractivity contribution in [1.82, 2.24) is 24.9 Å². The van der Waals surface area contributed by atoms with E-state index in [0.717, 1.165) is 30.9 Å². The Hall–Kier alpha value is -3.07. The number of piperazine rings is 1. The molecule has 0 unspecified atom stereocenters. The number of carbonyl (C=O) groups excluding carboxylic acids is 2. The predicted molar refractivity (Wildman–Crippen MR) is 112 cm³/mol. The van der Waals surface area contributed by atoms with Gasteiger partial charge in [-0.3, -0.25) is 19.2 Å². The predicted octanol–water partition coefficient (Wildman–Crippen LogP) is 0.554. The summed E-state index contributed by atoms with van der Waals surface area (Å²) in [5, 5.41) is 7.11. The fraction of sp³-hybridized carbons (Fsp3) is 0.476. The first-order valence-electron chi connectivity index (χ1n) is 9.99. The lowest BCUT2D eigenvalue weighted by atomic mass is 10.1. The molecule has 1 saturated heterocycles. The topological polar surface area (TPSA) is 88.9 Å². The number of amides is 2. The summed E-state index contributed by atoms with van der Waals surface area (Å²) in [7, 11) is 4.90. The van der Waals surface area contributed by atoms with Crippen molar-refractivity contribution in [2.24, 2.45) is 7.05 Å². The molecule has 9 nitrogen and oxygen atoms in total. The number of hydrogen-bond acceptors (Lipinski definition) is 6. The van der Waals surface area contributed by atoms with Crippen LogP contribution in [0.3, 0.4) is 0 Å². The highest BCUT2D eigenvalue weighted by Crippen LogP contribution is 2.18. The molecule has 0 aliphatic carbocycles. The molecule has 1 fully saturated rings. The summed E-state index contributed by atoms with van der Waals surface area (Å²) in [5.74, 6) is 1.06. The Morgan fingerprint density at radius 1 is 1.07 bits per heavy atom. The van der Waals surface area contributed by atoms with Crippen LogP contribution in [0.1, 0.15) is 15.9 Å². The fourth-order valence-electron chi connectivity index (χ4n) is 3.46. The van der Waals surface area contributed by atoms with Crippen molar-refractivity contribution in [1.29, 1.82) is 0 Å². The molecule has 0 atom stereocenters. The average Bonchev–Trinajstić information content (AvgIpc) is 3.15. The molecule has 1 N–H and O–H groups in total. The summed E-state index contributed by atoms with van der Waals surface area (Å²) in [4.78, 5) is 28.9. The maximum absolute atomic E-state index is 12.7. The van der Waals surface area contributed by atoms with E-state index in [4.69, 9.17) is 9.47 Å². The van der Waals surface area contributed by atoms with E-state index in [-0.39, 0.29) is 11.8 Å². The van der Waals surface area contributed by atoms with Crippen molar-refractivity contribution in [3.8, 4) is 11.6 Å². The van der Waals surface area contributed by atoms with Crippen molar-refractivity contribution in [2.75, 3.05) is 53.5 Å². The molecule has 2 amide bonds. The van der Waals surface area contributed by atoms with Gasteiger partial charge in [0.15, 0.2) is 0 Å². The van der Waals surface area contributed by atoms with Crippen LogP contribution in [-0.4, -0.2) is 84.9 Å². The highest BCUT2D eigenvalue weighted by atomic mass is 16.5. The zero-order valence-corrected chi connectivity index (χ0v) is 17.8. The van der Waals surface area contributed by atoms with E-state index in [1.165, 1.54) is 7.11 Å². The molecule has 0 radical (unpaired) electrons. The zero-order chi connectivity index (χ0) is 21.5. The van der Waals surface area contributed by atoms with Gasteiger partial charge >= 0.3 is 0 Å². The van der Waals surface area contributed by atoms with E-state index < -0.39 is 0 Å². The molecule has 1 aromatic heterocycles. The summed E-state index contributed by atoms with van der Waals surface area (Å²) in [6.07, 6.45) is 2.03. The molecule has 1 aromatic carbocycles. The van der Waals surface area contributed by atoms with Crippen molar-refractivity contribution in [3.05, 3.63) is 41.6 Å². The maximum Gasteiger partial charge on any atom is 0.261 e. The number of carbonyl (C=O) groups is 2. The zero-order valence-electron chi connectivity index (χ0n) is 17.8. The van der Waals surface area contributed by atoms with E-state index in [9.17, 15) is 9.59 Å². The average molecular weight is 415 g/mol. The van der Waals surface area contributed by atoms with Crippen LogP contribution in [0, 0.1) is 0 Å². The number of hydrogen-bond donors (Lipinski definition) is 1. The lowest BCUT2D eigenvalue weighted by Crippen LogP contribution is -2.50. The van der Waals surface area contributed by atoms with Crippen LogP contribution in [0.5, 0.6) is 11.6 Å². The van der Waals surface area contributed by atoms with Crippen LogP contribution in [-0.2, 0) is 18.3 Å². The van der Waals surface area contributed by atoms with Crippen LogP contribution >= 0.6 is 0 Å². The molecule has 0 spiro atoms. The summed E-state index contributed by atoms with van der Waals surface area (Å²) >= 11 is 0. The molecule has 0 saturated carbocycles. The number of benzene rings is 1. The molecular formula is C21H29N5O4. The minimum absolute atomic E-state index is 0.00217. The third-order valence-corrected chi connectivity index (χ3v) is 5.15. The fourth-order valence-corrected chi connectivity index (χ4v) is 3.46. The Morgan fingerprint density at radius 3 is 2.40 bits per heavy atom. The Morgan fingerprint density at radius 2 is 1.77 bits per heavy atom. The van der Waals surface area contributed by atoms with Crippen molar-refractivity contribution >= 4 is 11.8 Å². The number of methoxy groups -OCH3 is 2. The van der Waals surface area contributed by atoms with Crippen molar-refractivity contribution < 1.29 is 19.1 Å². The third kappa shape index (κ3) is 5.50. The van der Waals surface area contributed by atoms with Crippen molar-refractivity contribution in [3.63, 3.8) is 0 Å². The van der Waals surface area contributed by atoms with E-state index in [1.54, 1.807) is 25.0 Å². The van der Waals surface area contributed by atoms with Gasteiger partial charge < -0.3 is 19.7 Å². The van der Waals surface area contributed by atoms with Crippen LogP contribution < -0.4 is 14.8 Å². The van der Waals surface area contributed by atoms with E-state index in [2.05, 4.69) is 15.3 Å². The van der Waals surface area contributed by atoms with Gasteiger partial charge in [-0.05, 0) is 17.7 Å². The Kier molecular flexibility index (Phi) is 7.29. The number of nitrogens with zero attached hydrogens (tertiary/aromatic N) is 4. The van der Waals surface area contributed by atoms with Gasteiger partial charge in [-0.15, -0.1) is 5.10 Å². The number of aryl methyl sites for hydroxylation is 1. The smallest absolute Gasteiger partial charge is 0.261 e. The van der Waals surface area contributed by atoms with Crippen LogP contribution in [0.15, 0.2) is 30.5 Å². The minimum atomic E-state index is -0.0626. The number of aromatic nitrogens is 2. The lowest BCUT2D eigenvalue weighted by Gasteiger charge is -2.34. The summed E-state index contributed by atoms with van der Waals surface area (Å²) < 4.78 is 11.9. The Balaban J connectivity index is 1.38. The summed E-state index contributed by atoms with van der Waals surface area (Å²) in [6, 6.07) is 7.49. The second-order valence-electron chi connectivity index (χ2n) is 7.23. The summed E-state index contributed by atoms with van der Waals surface area (Å²) in [5.41, 5.74) is 1.44. The molecular weight excluding hydrogens is 386 g/mol. The van der Waals surface area contributed by atoms with Gasteiger partial charge in [-0.2, -0.15) is 0 Å². The first-order chi connectivity index (χ1) is 14.5. The summed E-state index contributed by atoms with van der Waals surface area (Å²) in [6.45, 7) is 4.14. The van der Waals surface area contributed by atoms with Crippen molar-refractivity contribution in [2.45, 2.75) is 6.42 Å². The molecule has 2 heterocycles. The first-order valence-corrected chi connectivity index (χ1v) is 9.99. The van der Waals surface area contributed by atoms with Gasteiger partial charge in [0.25, 0.3) is 5.91 Å². The van der Waals surface area contributed by atoms with E-state index in [1.807, 2.05) is 29.2 Å². The largest absolute Gasteiger partial charge is 0.497 e. The maximum atomic E-state index is 12.7. The third-order valence-electron chi connectivity index (χ3n) is 5.15. The Labute approximate surface area is 176 Å². The molecule has 162 valence electrons. The highest BCUT2D eigenvalue weighted by molar-refractivity contribution is 5.96. The normalized spacial score (nSPS) is 14.4. The highest BCUT2D eigenvalue weighted by Gasteiger charge is 2.26. The standard InChI is InChI=1S/C21H29N5O4/c1-24-15-18(20(23-24)30-3)21(28)26-12-10-25(11-13-26)9-8-22-19(27)14-16-4-6-17(29-2)7-5-16/h4-7,15H,8-14H2,1-3H3,(H,22,27). The Bertz CT molecular complexity index is 857. The van der Waals surface area contributed by atoms with Crippen LogP contribution in [0.4, 0.5) is 0 Å². The number of rotatable bonds is 8. The van der Waals surface area contributed by atoms with Gasteiger partial charge in [-0.25, -0.2) is 0 Å². The second-order valence-corrected chi connectivity index (χ2v) is 7.23. The quantitative estimate of drug-likeness (QED) is 0.678. The van der Waals surface area contributed by atoms with E-state index in [0.29, 0.717) is 37.5 Å². The number of ether oxygens (including phenoxy) is 2. The van der Waals surface area contributed by atoms with Gasteiger partial charge in [0.05, 0.1) is 20.6 Å². The molecule has 2 aromatic rings. The second kappa shape index (κ2) is 10.1. The van der Waals surface area contributed by atoms with Gasteiger partial charge in [0.2, 0.25) is 11.8 Å². The number of nitrogens with one attached hydrogen (secondary N) is 1. The van der Waals surface area contributed by atoms with Crippen LogP contribution in [0.2, 0.25) is 0 Å². The van der Waals surface area contributed by atoms with Crippen LogP contribution in [0.25, 0.3) is 0 Å². The molecule has 3 rings (SSSR count). The van der Waals surface area contributed by atoms with Gasteiger partial charge in [0.1, 0.15) is 11.3 Å². The molecule has 1 aliphatic heterocycles. The van der Waals surface area contributed by atoms with Gasteiger partial charge in [-0.1, -0.05) is 12.1 Å². The van der Waals surface area contributed by atoms with Gasteiger partial charge in [0, 0.05) is 52.5 Å². The minimum Gasteiger partial charge on any atom is -0.497 e. The first kappa shape index (κ1) is 21.6. The molecule has 9 heteroatoms. The molecule has 0 bridgehead atoms. The lowest BCUT2D eigenvalue weighted by molar-refractivity contribution is -0.120.